The Balaban J connectivity index is 1.82. The first kappa shape index (κ1) is 17.3. The molecule has 0 atom stereocenters. The number of carbonyl (C=O) groups is 1. The van der Waals surface area contributed by atoms with Gasteiger partial charge in [0.25, 0.3) is 5.91 Å². The van der Waals surface area contributed by atoms with Gasteiger partial charge in [0.2, 0.25) is 0 Å². The summed E-state index contributed by atoms with van der Waals surface area (Å²) in [6.45, 7) is 0.318. The monoisotopic (exact) mass is 340 g/mol. The Kier molecular flexibility index (Phi) is 6.04. The lowest BCUT2D eigenvalue weighted by molar-refractivity contribution is -0.138. The van der Waals surface area contributed by atoms with E-state index >= 15 is 0 Å². The summed E-state index contributed by atoms with van der Waals surface area (Å²) in [4.78, 5) is 16.5. The average Bonchev–Trinajstić information content (AvgIpc) is 2.54. The van der Waals surface area contributed by atoms with Gasteiger partial charge >= 0.3 is 6.18 Å². The van der Waals surface area contributed by atoms with Crippen LogP contribution in [-0.4, -0.2) is 23.2 Å². The van der Waals surface area contributed by atoms with Crippen LogP contribution in [0, 0.1) is 0 Å². The molecular formula is C16H15F3N2OS. The third-order valence-corrected chi connectivity index (χ3v) is 4.09. The van der Waals surface area contributed by atoms with E-state index < -0.39 is 23.2 Å². The zero-order valence-corrected chi connectivity index (χ0v) is 13.0. The first-order valence-electron chi connectivity index (χ1n) is 6.96. The van der Waals surface area contributed by atoms with Gasteiger partial charge in [0.15, 0.2) is 0 Å². The van der Waals surface area contributed by atoms with E-state index in [1.165, 1.54) is 6.20 Å². The molecule has 0 unspecified atom stereocenters. The van der Waals surface area contributed by atoms with Gasteiger partial charge in [0, 0.05) is 23.8 Å². The number of pyridine rings is 1. The topological polar surface area (TPSA) is 42.0 Å². The van der Waals surface area contributed by atoms with Crippen molar-refractivity contribution in [2.75, 3.05) is 12.3 Å². The van der Waals surface area contributed by atoms with Crippen LogP contribution in [0.3, 0.4) is 0 Å². The number of aromatic nitrogens is 1. The van der Waals surface area contributed by atoms with E-state index in [1.807, 2.05) is 30.3 Å². The second-order valence-corrected chi connectivity index (χ2v) is 5.86. The largest absolute Gasteiger partial charge is 0.418 e. The molecule has 0 radical (unpaired) electrons. The smallest absolute Gasteiger partial charge is 0.352 e. The number of hydrogen-bond acceptors (Lipinski definition) is 3. The van der Waals surface area contributed by atoms with Gasteiger partial charge in [0.05, 0.1) is 11.1 Å². The molecule has 0 saturated heterocycles. The van der Waals surface area contributed by atoms with Crippen molar-refractivity contribution in [3.8, 4) is 0 Å². The minimum atomic E-state index is -4.59. The molecule has 122 valence electrons. The van der Waals surface area contributed by atoms with Crippen LogP contribution in [0.25, 0.3) is 0 Å². The third kappa shape index (κ3) is 5.28. The molecule has 23 heavy (non-hydrogen) atoms. The summed E-state index contributed by atoms with van der Waals surface area (Å²) in [5.41, 5.74) is -1.42. The number of carbonyl (C=O) groups excluding carboxylic acids is 1. The standard InChI is InChI=1S/C16H15F3N2OS/c17-16(18,19)14-11-20-9-7-13(14)15(22)21-8-4-10-23-12-5-2-1-3-6-12/h1-3,5-7,9,11H,4,8,10H2,(H,21,22). The summed E-state index contributed by atoms with van der Waals surface area (Å²) in [6, 6.07) is 10.8. The summed E-state index contributed by atoms with van der Waals surface area (Å²) in [5.74, 6) is 0.0386. The van der Waals surface area contributed by atoms with Gasteiger partial charge < -0.3 is 5.32 Å². The van der Waals surface area contributed by atoms with Crippen molar-refractivity contribution in [3.05, 3.63) is 59.9 Å². The Labute approximate surface area is 136 Å². The lowest BCUT2D eigenvalue weighted by Crippen LogP contribution is -2.27. The highest BCUT2D eigenvalue weighted by atomic mass is 32.2. The molecule has 0 fully saturated rings. The predicted octanol–water partition coefficient (Wildman–Crippen LogP) is 4.01. The molecule has 0 bridgehead atoms. The Hall–Kier alpha value is -2.02. The molecule has 1 aromatic heterocycles. The van der Waals surface area contributed by atoms with Crippen molar-refractivity contribution in [2.45, 2.75) is 17.5 Å². The Morgan fingerprint density at radius 2 is 1.91 bits per heavy atom. The lowest BCUT2D eigenvalue weighted by Gasteiger charge is -2.12. The fraction of sp³-hybridized carbons (Fsp3) is 0.250. The van der Waals surface area contributed by atoms with Crippen LogP contribution < -0.4 is 5.32 Å². The highest BCUT2D eigenvalue weighted by molar-refractivity contribution is 7.99. The minimum absolute atomic E-state index is 0.318. The van der Waals surface area contributed by atoms with Gasteiger partial charge in [-0.2, -0.15) is 13.2 Å². The number of nitrogens with one attached hydrogen (secondary N) is 1. The summed E-state index contributed by atoms with van der Waals surface area (Å²) >= 11 is 1.63. The number of amides is 1. The molecule has 0 aliphatic rings. The van der Waals surface area contributed by atoms with Crippen molar-refractivity contribution >= 4 is 17.7 Å². The van der Waals surface area contributed by atoms with E-state index in [9.17, 15) is 18.0 Å². The van der Waals surface area contributed by atoms with E-state index in [0.717, 1.165) is 16.7 Å². The van der Waals surface area contributed by atoms with Crippen molar-refractivity contribution in [3.63, 3.8) is 0 Å². The van der Waals surface area contributed by atoms with Crippen LogP contribution in [0.5, 0.6) is 0 Å². The van der Waals surface area contributed by atoms with Crippen LogP contribution in [0.1, 0.15) is 22.3 Å². The molecule has 1 aromatic carbocycles. The molecule has 1 heterocycles. The Morgan fingerprint density at radius 3 is 2.61 bits per heavy atom. The molecule has 2 rings (SSSR count). The first-order chi connectivity index (χ1) is 11.0. The SMILES string of the molecule is O=C(NCCCSc1ccccc1)c1ccncc1C(F)(F)F. The summed E-state index contributed by atoms with van der Waals surface area (Å²) in [5, 5.41) is 2.52. The maximum Gasteiger partial charge on any atom is 0.418 e. The molecule has 2 aromatic rings. The predicted molar refractivity (Wildman–Crippen MR) is 83.4 cm³/mol. The number of hydrogen-bond donors (Lipinski definition) is 1. The zero-order chi connectivity index (χ0) is 16.7. The van der Waals surface area contributed by atoms with E-state index in [2.05, 4.69) is 10.3 Å². The molecule has 1 amide bonds. The lowest BCUT2D eigenvalue weighted by atomic mass is 10.1. The molecule has 0 spiro atoms. The molecule has 0 aliphatic heterocycles. The number of alkyl halides is 3. The number of rotatable bonds is 6. The fourth-order valence-electron chi connectivity index (χ4n) is 1.89. The molecule has 0 aliphatic carbocycles. The minimum Gasteiger partial charge on any atom is -0.352 e. The number of thioether (sulfide) groups is 1. The van der Waals surface area contributed by atoms with Crippen LogP contribution in [0.2, 0.25) is 0 Å². The van der Waals surface area contributed by atoms with Crippen molar-refractivity contribution in [2.24, 2.45) is 0 Å². The van der Waals surface area contributed by atoms with Gasteiger partial charge in [0.1, 0.15) is 0 Å². The molecular weight excluding hydrogens is 325 g/mol. The highest BCUT2D eigenvalue weighted by Crippen LogP contribution is 2.31. The van der Waals surface area contributed by atoms with E-state index in [-0.39, 0.29) is 0 Å². The van der Waals surface area contributed by atoms with E-state index in [0.29, 0.717) is 19.2 Å². The van der Waals surface area contributed by atoms with E-state index in [1.54, 1.807) is 11.8 Å². The molecule has 3 nitrogen and oxygen atoms in total. The molecule has 1 N–H and O–H groups in total. The van der Waals surface area contributed by atoms with Crippen LogP contribution in [0.4, 0.5) is 13.2 Å². The summed E-state index contributed by atoms with van der Waals surface area (Å²) < 4.78 is 38.4. The van der Waals surface area contributed by atoms with Gasteiger partial charge in [-0.1, -0.05) is 18.2 Å². The summed E-state index contributed by atoms with van der Waals surface area (Å²) in [7, 11) is 0. The van der Waals surface area contributed by atoms with Crippen LogP contribution in [-0.2, 0) is 6.18 Å². The normalized spacial score (nSPS) is 11.3. The summed E-state index contributed by atoms with van der Waals surface area (Å²) in [6.07, 6.45) is -2.09. The Morgan fingerprint density at radius 1 is 1.17 bits per heavy atom. The van der Waals surface area contributed by atoms with Crippen LogP contribution >= 0.6 is 11.8 Å². The number of nitrogens with zero attached hydrogens (tertiary/aromatic N) is 1. The second kappa shape index (κ2) is 8.01. The third-order valence-electron chi connectivity index (χ3n) is 2.99. The maximum absolute atomic E-state index is 12.8. The quantitative estimate of drug-likeness (QED) is 0.638. The van der Waals surface area contributed by atoms with Gasteiger partial charge in [-0.25, -0.2) is 0 Å². The number of halogens is 3. The maximum atomic E-state index is 12.8. The Bertz CT molecular complexity index is 647. The van der Waals surface area contributed by atoms with Gasteiger partial charge in [-0.15, -0.1) is 11.8 Å². The van der Waals surface area contributed by atoms with Crippen LogP contribution in [0.15, 0.2) is 53.7 Å². The van der Waals surface area contributed by atoms with Crippen molar-refractivity contribution in [1.29, 1.82) is 0 Å². The van der Waals surface area contributed by atoms with Crippen molar-refractivity contribution in [1.82, 2.24) is 10.3 Å². The van der Waals surface area contributed by atoms with Crippen molar-refractivity contribution < 1.29 is 18.0 Å². The second-order valence-electron chi connectivity index (χ2n) is 4.69. The number of benzene rings is 1. The fourth-order valence-corrected chi connectivity index (χ4v) is 2.77. The average molecular weight is 340 g/mol. The molecule has 7 heteroatoms. The first-order valence-corrected chi connectivity index (χ1v) is 7.94. The zero-order valence-electron chi connectivity index (χ0n) is 12.1. The van der Waals surface area contributed by atoms with Gasteiger partial charge in [-0.05, 0) is 30.4 Å². The molecule has 0 saturated carbocycles. The van der Waals surface area contributed by atoms with Gasteiger partial charge in [-0.3, -0.25) is 9.78 Å². The van der Waals surface area contributed by atoms with E-state index in [4.69, 9.17) is 0 Å². The highest BCUT2D eigenvalue weighted by Gasteiger charge is 2.35.